The van der Waals surface area contributed by atoms with Crippen LogP contribution in [0.15, 0.2) is 0 Å². The molecule has 1 heterocycles. The van der Waals surface area contributed by atoms with Crippen molar-refractivity contribution in [2.75, 3.05) is 26.2 Å². The van der Waals surface area contributed by atoms with Crippen LogP contribution in [0.2, 0.25) is 0 Å². The van der Waals surface area contributed by atoms with E-state index in [2.05, 4.69) is 0 Å². The monoisotopic (exact) mass is 273 g/mol. The molecule has 2 N–H and O–H groups in total. The van der Waals surface area contributed by atoms with Crippen molar-refractivity contribution in [1.82, 2.24) is 9.21 Å². The molecule has 102 valence electrons. The molecule has 0 aromatic heterocycles. The largest absolute Gasteiger partial charge is 0.340 e. The summed E-state index contributed by atoms with van der Waals surface area (Å²) in [5, 5.41) is 5.07. The lowest BCUT2D eigenvalue weighted by Crippen LogP contribution is -2.52. The zero-order valence-corrected chi connectivity index (χ0v) is 11.1. The Morgan fingerprint density at radius 3 is 2.11 bits per heavy atom. The van der Waals surface area contributed by atoms with Gasteiger partial charge in [0.1, 0.15) is 0 Å². The first kappa shape index (κ1) is 12.4. The minimum Gasteiger partial charge on any atom is -0.340 e. The quantitative estimate of drug-likeness (QED) is 0.728. The van der Waals surface area contributed by atoms with Gasteiger partial charge in [0.2, 0.25) is 5.91 Å². The SMILES string of the molecule is NS(=O)(=O)N1CCN(C(=O)C2C3CCCC32)CC1. The minimum absolute atomic E-state index is 0.235. The average molecular weight is 273 g/mol. The Balaban J connectivity index is 1.56. The van der Waals surface area contributed by atoms with Crippen molar-refractivity contribution >= 4 is 16.1 Å². The highest BCUT2D eigenvalue weighted by Gasteiger charge is 2.57. The lowest BCUT2D eigenvalue weighted by molar-refractivity contribution is -0.134. The predicted octanol–water partition coefficient (Wildman–Crippen LogP) is -0.620. The molecular weight excluding hydrogens is 254 g/mol. The summed E-state index contributed by atoms with van der Waals surface area (Å²) >= 11 is 0. The molecule has 0 spiro atoms. The second-order valence-corrected chi connectivity index (χ2v) is 7.10. The molecule has 1 saturated heterocycles. The normalized spacial score (nSPS) is 36.5. The first-order valence-corrected chi connectivity index (χ1v) is 8.05. The molecule has 0 bridgehead atoms. The lowest BCUT2D eigenvalue weighted by atomic mass is 10.1. The summed E-state index contributed by atoms with van der Waals surface area (Å²) in [6.45, 7) is 1.61. The van der Waals surface area contributed by atoms with Gasteiger partial charge in [-0.3, -0.25) is 4.79 Å². The van der Waals surface area contributed by atoms with Gasteiger partial charge >= 0.3 is 0 Å². The van der Waals surface area contributed by atoms with Crippen molar-refractivity contribution in [3.8, 4) is 0 Å². The van der Waals surface area contributed by atoms with E-state index in [9.17, 15) is 13.2 Å². The second kappa shape index (κ2) is 4.18. The second-order valence-electron chi connectivity index (χ2n) is 5.55. The van der Waals surface area contributed by atoms with E-state index in [4.69, 9.17) is 5.14 Å². The van der Waals surface area contributed by atoms with Gasteiger partial charge in [0.15, 0.2) is 0 Å². The molecule has 2 atom stereocenters. The van der Waals surface area contributed by atoms with Gasteiger partial charge in [0.05, 0.1) is 0 Å². The van der Waals surface area contributed by atoms with Gasteiger partial charge in [0.25, 0.3) is 10.2 Å². The number of rotatable bonds is 2. The van der Waals surface area contributed by atoms with Crippen molar-refractivity contribution in [3.05, 3.63) is 0 Å². The number of hydrogen-bond donors (Lipinski definition) is 1. The third kappa shape index (κ3) is 2.04. The van der Waals surface area contributed by atoms with E-state index >= 15 is 0 Å². The first-order chi connectivity index (χ1) is 8.48. The molecule has 18 heavy (non-hydrogen) atoms. The number of amides is 1. The van der Waals surface area contributed by atoms with Crippen molar-refractivity contribution < 1.29 is 13.2 Å². The fraction of sp³-hybridized carbons (Fsp3) is 0.909. The fourth-order valence-electron chi connectivity index (χ4n) is 3.56. The van der Waals surface area contributed by atoms with Crippen LogP contribution in [0.1, 0.15) is 19.3 Å². The number of nitrogens with two attached hydrogens (primary N) is 1. The highest BCUT2D eigenvalue weighted by atomic mass is 32.2. The van der Waals surface area contributed by atoms with Crippen LogP contribution >= 0.6 is 0 Å². The molecule has 2 aliphatic carbocycles. The van der Waals surface area contributed by atoms with Gasteiger partial charge in [-0.2, -0.15) is 12.7 Å². The van der Waals surface area contributed by atoms with Crippen LogP contribution in [0.3, 0.4) is 0 Å². The van der Waals surface area contributed by atoms with E-state index in [0.29, 0.717) is 38.0 Å². The minimum atomic E-state index is -3.60. The maximum Gasteiger partial charge on any atom is 0.277 e. The van der Waals surface area contributed by atoms with Gasteiger partial charge in [-0.05, 0) is 24.7 Å². The van der Waals surface area contributed by atoms with Gasteiger partial charge in [0, 0.05) is 32.1 Å². The molecule has 7 heteroatoms. The van der Waals surface area contributed by atoms with Crippen LogP contribution in [0.25, 0.3) is 0 Å². The van der Waals surface area contributed by atoms with Crippen LogP contribution in [-0.2, 0) is 15.0 Å². The third-order valence-electron chi connectivity index (χ3n) is 4.60. The van der Waals surface area contributed by atoms with Crippen molar-refractivity contribution in [2.24, 2.45) is 22.9 Å². The maximum atomic E-state index is 12.3. The van der Waals surface area contributed by atoms with E-state index in [-0.39, 0.29) is 11.8 Å². The summed E-state index contributed by atoms with van der Waals surface area (Å²) in [6.07, 6.45) is 3.65. The highest BCUT2D eigenvalue weighted by molar-refractivity contribution is 7.86. The fourth-order valence-corrected chi connectivity index (χ4v) is 4.23. The van der Waals surface area contributed by atoms with E-state index < -0.39 is 10.2 Å². The summed E-state index contributed by atoms with van der Waals surface area (Å²) < 4.78 is 23.6. The molecule has 0 aromatic rings. The smallest absolute Gasteiger partial charge is 0.277 e. The van der Waals surface area contributed by atoms with Gasteiger partial charge in [-0.1, -0.05) is 6.42 Å². The van der Waals surface area contributed by atoms with Crippen LogP contribution in [0, 0.1) is 17.8 Å². The topological polar surface area (TPSA) is 83.7 Å². The van der Waals surface area contributed by atoms with Crippen molar-refractivity contribution in [1.29, 1.82) is 0 Å². The molecule has 1 aliphatic heterocycles. The summed E-state index contributed by atoms with van der Waals surface area (Å²) in [4.78, 5) is 14.1. The number of piperazine rings is 1. The molecule has 0 aromatic carbocycles. The van der Waals surface area contributed by atoms with Gasteiger partial charge in [-0.15, -0.1) is 0 Å². The lowest BCUT2D eigenvalue weighted by Gasteiger charge is -2.33. The summed E-state index contributed by atoms with van der Waals surface area (Å²) in [5.41, 5.74) is 0. The summed E-state index contributed by atoms with van der Waals surface area (Å²) in [5.74, 6) is 1.71. The number of carbonyl (C=O) groups is 1. The zero-order chi connectivity index (χ0) is 12.9. The molecule has 0 radical (unpaired) electrons. The maximum absolute atomic E-state index is 12.3. The Morgan fingerprint density at radius 2 is 1.61 bits per heavy atom. The number of carbonyl (C=O) groups excluding carboxylic acids is 1. The predicted molar refractivity (Wildman–Crippen MR) is 65.6 cm³/mol. The number of nitrogens with zero attached hydrogens (tertiary/aromatic N) is 2. The summed E-state index contributed by atoms with van der Waals surface area (Å²) in [7, 11) is -3.60. The first-order valence-electron chi connectivity index (χ1n) is 6.55. The van der Waals surface area contributed by atoms with E-state index in [1.165, 1.54) is 23.6 Å². The highest BCUT2D eigenvalue weighted by Crippen LogP contribution is 2.58. The van der Waals surface area contributed by atoms with Crippen LogP contribution in [-0.4, -0.2) is 49.7 Å². The van der Waals surface area contributed by atoms with E-state index in [0.717, 1.165) is 0 Å². The molecule has 2 unspecified atom stereocenters. The number of fused-ring (bicyclic) bond motifs is 1. The Labute approximate surface area is 107 Å². The molecule has 6 nitrogen and oxygen atoms in total. The molecule has 2 saturated carbocycles. The van der Waals surface area contributed by atoms with Crippen molar-refractivity contribution in [3.63, 3.8) is 0 Å². The van der Waals surface area contributed by atoms with Crippen molar-refractivity contribution in [2.45, 2.75) is 19.3 Å². The molecule has 3 fully saturated rings. The molecule has 3 rings (SSSR count). The Kier molecular flexibility index (Phi) is 2.87. The molecular formula is C11H19N3O3S. The van der Waals surface area contributed by atoms with Gasteiger partial charge < -0.3 is 4.90 Å². The van der Waals surface area contributed by atoms with E-state index in [1.54, 1.807) is 0 Å². The summed E-state index contributed by atoms with van der Waals surface area (Å²) in [6, 6.07) is 0. The third-order valence-corrected chi connectivity index (χ3v) is 5.69. The van der Waals surface area contributed by atoms with Crippen LogP contribution in [0.5, 0.6) is 0 Å². The van der Waals surface area contributed by atoms with Crippen LogP contribution < -0.4 is 5.14 Å². The molecule has 3 aliphatic rings. The van der Waals surface area contributed by atoms with Gasteiger partial charge in [-0.25, -0.2) is 5.14 Å². The van der Waals surface area contributed by atoms with Crippen LogP contribution in [0.4, 0.5) is 0 Å². The molecule has 1 amide bonds. The Bertz CT molecular complexity index is 446. The number of hydrogen-bond acceptors (Lipinski definition) is 3. The zero-order valence-electron chi connectivity index (χ0n) is 10.3. The van der Waals surface area contributed by atoms with E-state index in [1.807, 2.05) is 4.90 Å². The average Bonchev–Trinajstić information content (AvgIpc) is 2.80. The Hall–Kier alpha value is -0.660. The standard InChI is InChI=1S/C11H19N3O3S/c12-18(16,17)14-6-4-13(5-7-14)11(15)10-8-2-1-3-9(8)10/h8-10H,1-7H2,(H2,12,16,17). The Morgan fingerprint density at radius 1 is 1.06 bits per heavy atom.